The van der Waals surface area contributed by atoms with E-state index < -0.39 is 17.2 Å². The normalized spacial score (nSPS) is 16.8. The van der Waals surface area contributed by atoms with Crippen molar-refractivity contribution >= 4 is 5.82 Å². The summed E-state index contributed by atoms with van der Waals surface area (Å²) in [5.41, 5.74) is -0.684. The second-order valence-electron chi connectivity index (χ2n) is 6.97. The highest BCUT2D eigenvalue weighted by molar-refractivity contribution is 5.42. The zero-order valence-electron chi connectivity index (χ0n) is 14.7. The zero-order chi connectivity index (χ0) is 19.5. The highest BCUT2D eigenvalue weighted by Crippen LogP contribution is 2.39. The van der Waals surface area contributed by atoms with Gasteiger partial charge in [-0.2, -0.15) is 18.4 Å². The molecule has 27 heavy (non-hydrogen) atoms. The van der Waals surface area contributed by atoms with Crippen molar-refractivity contribution in [2.75, 3.05) is 24.6 Å². The summed E-state index contributed by atoms with van der Waals surface area (Å²) >= 11 is 0. The van der Waals surface area contributed by atoms with E-state index in [4.69, 9.17) is 5.26 Å². The number of halogens is 3. The van der Waals surface area contributed by atoms with Gasteiger partial charge in [0, 0.05) is 25.1 Å². The molecular weight excluding hydrogens is 355 g/mol. The van der Waals surface area contributed by atoms with Crippen LogP contribution in [0.2, 0.25) is 0 Å². The number of alkyl halides is 3. The minimum absolute atomic E-state index is 0.168. The number of nitrogens with zero attached hydrogens (tertiary/aromatic N) is 3. The maximum Gasteiger partial charge on any atom is 0.416 e. The standard InChI is InChI=1S/C20H20F3N3O/c21-20(22,23)17-6-2-1-4-15(17)12-19(14-27)8-10-26(11-9-19)18-7-3-5-16(13-24)25-18/h1-7,27H,8-12,14H2. The maximum atomic E-state index is 13.3. The van der Waals surface area contributed by atoms with Crippen molar-refractivity contribution in [3.8, 4) is 6.07 Å². The lowest BCUT2D eigenvalue weighted by molar-refractivity contribution is -0.138. The van der Waals surface area contributed by atoms with Crippen molar-refractivity contribution < 1.29 is 18.3 Å². The van der Waals surface area contributed by atoms with Gasteiger partial charge in [0.2, 0.25) is 0 Å². The van der Waals surface area contributed by atoms with E-state index in [0.717, 1.165) is 6.07 Å². The predicted octanol–water partition coefficient (Wildman–Crippen LogP) is 3.79. The van der Waals surface area contributed by atoms with E-state index in [9.17, 15) is 18.3 Å². The molecule has 0 bridgehead atoms. The van der Waals surface area contributed by atoms with Gasteiger partial charge in [-0.3, -0.25) is 0 Å². The first kappa shape index (κ1) is 19.2. The average Bonchev–Trinajstić information content (AvgIpc) is 2.68. The maximum absolute atomic E-state index is 13.3. The van der Waals surface area contributed by atoms with E-state index in [-0.39, 0.29) is 18.6 Å². The Balaban J connectivity index is 1.77. The van der Waals surface area contributed by atoms with Gasteiger partial charge < -0.3 is 10.0 Å². The zero-order valence-corrected chi connectivity index (χ0v) is 14.7. The van der Waals surface area contributed by atoms with Crippen LogP contribution < -0.4 is 4.90 Å². The molecule has 2 heterocycles. The van der Waals surface area contributed by atoms with Crippen LogP contribution in [0.4, 0.5) is 19.0 Å². The lowest BCUT2D eigenvalue weighted by Crippen LogP contribution is -2.43. The summed E-state index contributed by atoms with van der Waals surface area (Å²) in [6, 6.07) is 12.8. The summed E-state index contributed by atoms with van der Waals surface area (Å²) < 4.78 is 39.8. The van der Waals surface area contributed by atoms with Gasteiger partial charge in [-0.15, -0.1) is 0 Å². The number of anilines is 1. The van der Waals surface area contributed by atoms with Gasteiger partial charge in [-0.05, 0) is 43.0 Å². The predicted molar refractivity (Wildman–Crippen MR) is 95.1 cm³/mol. The van der Waals surface area contributed by atoms with E-state index in [1.165, 1.54) is 12.1 Å². The Bertz CT molecular complexity index is 837. The van der Waals surface area contributed by atoms with Gasteiger partial charge in [0.05, 0.1) is 5.56 Å². The van der Waals surface area contributed by atoms with Gasteiger partial charge in [0.25, 0.3) is 0 Å². The Hall–Kier alpha value is -2.59. The molecule has 1 fully saturated rings. The minimum Gasteiger partial charge on any atom is -0.396 e. The van der Waals surface area contributed by atoms with Gasteiger partial charge >= 0.3 is 6.18 Å². The first-order chi connectivity index (χ1) is 12.9. The van der Waals surface area contributed by atoms with E-state index >= 15 is 0 Å². The van der Waals surface area contributed by atoms with Crippen molar-refractivity contribution in [1.82, 2.24) is 4.98 Å². The lowest BCUT2D eigenvalue weighted by atomic mass is 9.73. The van der Waals surface area contributed by atoms with Crippen LogP contribution in [0.3, 0.4) is 0 Å². The molecule has 142 valence electrons. The van der Waals surface area contributed by atoms with Gasteiger partial charge in [0.15, 0.2) is 0 Å². The Kier molecular flexibility index (Phi) is 5.38. The lowest BCUT2D eigenvalue weighted by Gasteiger charge is -2.41. The SMILES string of the molecule is N#Cc1cccc(N2CCC(CO)(Cc3ccccc3C(F)(F)F)CC2)n1. The van der Waals surface area contributed by atoms with E-state index in [0.29, 0.717) is 37.4 Å². The third-order valence-electron chi connectivity index (χ3n) is 5.22. The third kappa shape index (κ3) is 4.22. The number of pyridine rings is 1. The Morgan fingerprint density at radius 1 is 1.11 bits per heavy atom. The number of nitriles is 1. The molecule has 0 unspecified atom stereocenters. The quantitative estimate of drug-likeness (QED) is 0.883. The molecule has 1 aromatic carbocycles. The first-order valence-corrected chi connectivity index (χ1v) is 8.75. The van der Waals surface area contributed by atoms with E-state index in [1.807, 2.05) is 17.0 Å². The van der Waals surface area contributed by atoms with Crippen molar-refractivity contribution in [3.63, 3.8) is 0 Å². The number of aliphatic hydroxyl groups is 1. The molecule has 0 radical (unpaired) electrons. The monoisotopic (exact) mass is 375 g/mol. The fraction of sp³-hybridized carbons (Fsp3) is 0.400. The Labute approximate surface area is 155 Å². The van der Waals surface area contributed by atoms with E-state index in [1.54, 1.807) is 18.2 Å². The molecule has 0 atom stereocenters. The van der Waals surface area contributed by atoms with Crippen molar-refractivity contribution in [2.24, 2.45) is 5.41 Å². The summed E-state index contributed by atoms with van der Waals surface area (Å²) in [7, 11) is 0. The molecule has 7 heteroatoms. The highest BCUT2D eigenvalue weighted by atomic mass is 19.4. The van der Waals surface area contributed by atoms with Crippen molar-refractivity contribution in [2.45, 2.75) is 25.4 Å². The van der Waals surface area contributed by atoms with Crippen molar-refractivity contribution in [1.29, 1.82) is 5.26 Å². The van der Waals surface area contributed by atoms with Crippen LogP contribution in [0.15, 0.2) is 42.5 Å². The molecule has 0 spiro atoms. The minimum atomic E-state index is -4.41. The second kappa shape index (κ2) is 7.57. The van der Waals surface area contributed by atoms with Crippen LogP contribution in [0.1, 0.15) is 29.7 Å². The van der Waals surface area contributed by atoms with Crippen LogP contribution in [0.25, 0.3) is 0 Å². The number of benzene rings is 1. The fourth-order valence-electron chi connectivity index (χ4n) is 3.62. The molecule has 0 saturated carbocycles. The van der Waals surface area contributed by atoms with Gasteiger partial charge in [-0.1, -0.05) is 24.3 Å². The van der Waals surface area contributed by atoms with Crippen molar-refractivity contribution in [3.05, 3.63) is 59.3 Å². The molecule has 1 aromatic heterocycles. The number of hydrogen-bond donors (Lipinski definition) is 1. The molecule has 0 amide bonds. The summed E-state index contributed by atoms with van der Waals surface area (Å²) in [5, 5.41) is 19.0. The molecule has 0 aliphatic carbocycles. The van der Waals surface area contributed by atoms with Crippen LogP contribution >= 0.6 is 0 Å². The molecule has 2 aromatic rings. The second-order valence-corrected chi connectivity index (χ2v) is 6.97. The molecule has 1 N–H and O–H groups in total. The fourth-order valence-corrected chi connectivity index (χ4v) is 3.62. The number of aliphatic hydroxyl groups excluding tert-OH is 1. The van der Waals surface area contributed by atoms with Crippen LogP contribution in [-0.4, -0.2) is 29.8 Å². The number of rotatable bonds is 4. The number of hydrogen-bond acceptors (Lipinski definition) is 4. The van der Waals surface area contributed by atoms with Crippen LogP contribution in [0.5, 0.6) is 0 Å². The molecule has 3 rings (SSSR count). The molecule has 1 aliphatic rings. The Morgan fingerprint density at radius 3 is 2.44 bits per heavy atom. The molecule has 1 saturated heterocycles. The van der Waals surface area contributed by atoms with Gasteiger partial charge in [0.1, 0.15) is 17.6 Å². The molecule has 4 nitrogen and oxygen atoms in total. The third-order valence-corrected chi connectivity index (χ3v) is 5.22. The van der Waals surface area contributed by atoms with Gasteiger partial charge in [-0.25, -0.2) is 4.98 Å². The largest absolute Gasteiger partial charge is 0.416 e. The topological polar surface area (TPSA) is 60.2 Å². The summed E-state index contributed by atoms with van der Waals surface area (Å²) in [6.45, 7) is 0.964. The van der Waals surface area contributed by atoms with Crippen LogP contribution in [0, 0.1) is 16.7 Å². The molecular formula is C20H20F3N3O. The Morgan fingerprint density at radius 2 is 1.81 bits per heavy atom. The first-order valence-electron chi connectivity index (χ1n) is 8.75. The molecule has 1 aliphatic heterocycles. The van der Waals surface area contributed by atoms with E-state index in [2.05, 4.69) is 4.98 Å². The summed E-state index contributed by atoms with van der Waals surface area (Å²) in [6.07, 6.45) is -3.13. The summed E-state index contributed by atoms with van der Waals surface area (Å²) in [5.74, 6) is 0.677. The van der Waals surface area contributed by atoms with Crippen LogP contribution in [-0.2, 0) is 12.6 Å². The number of aromatic nitrogens is 1. The average molecular weight is 375 g/mol. The smallest absolute Gasteiger partial charge is 0.396 e. The summed E-state index contributed by atoms with van der Waals surface area (Å²) in [4.78, 5) is 6.28. The number of piperidine rings is 1. The highest BCUT2D eigenvalue weighted by Gasteiger charge is 2.39.